The Bertz CT molecular complexity index is 717. The highest BCUT2D eigenvalue weighted by molar-refractivity contribution is 5.90. The Labute approximate surface area is 149 Å². The normalized spacial score (nSPS) is 12.0. The molecule has 0 bridgehead atoms. The van der Waals surface area contributed by atoms with E-state index in [1.165, 1.54) is 5.56 Å². The minimum absolute atomic E-state index is 0.144. The van der Waals surface area contributed by atoms with E-state index in [0.717, 1.165) is 12.0 Å². The fourth-order valence-electron chi connectivity index (χ4n) is 2.66. The number of ether oxygens (including phenoxy) is 1. The number of aromatic nitrogens is 1. The predicted molar refractivity (Wildman–Crippen MR) is 97.2 cm³/mol. The maximum absolute atomic E-state index is 12.0. The summed E-state index contributed by atoms with van der Waals surface area (Å²) in [5.74, 6) is -0.212. The monoisotopic (exact) mass is 342 g/mol. The molecule has 5 heteroatoms. The molecule has 2 aromatic rings. The largest absolute Gasteiger partial charge is 0.451 e. The summed E-state index contributed by atoms with van der Waals surface area (Å²) in [5, 5.41) is 2.85. The molecule has 134 valence electrons. The van der Waals surface area contributed by atoms with Gasteiger partial charge in [-0.2, -0.15) is 0 Å². The number of nitrogens with zero attached hydrogens (tertiary/aromatic N) is 1. The van der Waals surface area contributed by atoms with Crippen LogP contribution in [0.15, 0.2) is 42.6 Å². The summed E-state index contributed by atoms with van der Waals surface area (Å²) in [6.45, 7) is 6.00. The van der Waals surface area contributed by atoms with Crippen LogP contribution in [-0.2, 0) is 23.0 Å². The van der Waals surface area contributed by atoms with Gasteiger partial charge in [-0.25, -0.2) is 4.79 Å². The van der Waals surface area contributed by atoms with Crippen molar-refractivity contribution in [3.05, 3.63) is 59.4 Å². The Morgan fingerprint density at radius 3 is 2.36 bits per heavy atom. The van der Waals surface area contributed by atoms with Crippen LogP contribution in [0.3, 0.4) is 0 Å². The third-order valence-electron chi connectivity index (χ3n) is 3.99. The van der Waals surface area contributed by atoms with Crippen molar-refractivity contribution in [1.29, 1.82) is 0 Å². The van der Waals surface area contributed by atoms with Gasteiger partial charge in [0.2, 0.25) is 0 Å². The van der Waals surface area contributed by atoms with Crippen molar-refractivity contribution in [3.63, 3.8) is 0 Å². The van der Waals surface area contributed by atoms with Crippen LogP contribution in [0.4, 0.5) is 0 Å². The maximum atomic E-state index is 12.0. The van der Waals surface area contributed by atoms with Crippen molar-refractivity contribution >= 4 is 11.9 Å². The van der Waals surface area contributed by atoms with Gasteiger partial charge >= 0.3 is 5.97 Å². The van der Waals surface area contributed by atoms with Crippen molar-refractivity contribution in [3.8, 4) is 0 Å². The summed E-state index contributed by atoms with van der Waals surface area (Å²) < 4.78 is 6.71. The zero-order valence-electron chi connectivity index (χ0n) is 15.3. The van der Waals surface area contributed by atoms with Crippen molar-refractivity contribution in [1.82, 2.24) is 9.88 Å². The molecule has 0 aliphatic carbocycles. The van der Waals surface area contributed by atoms with Crippen molar-refractivity contribution in [2.24, 2.45) is 13.0 Å². The van der Waals surface area contributed by atoms with Crippen molar-refractivity contribution in [2.45, 2.75) is 33.2 Å². The second kappa shape index (κ2) is 8.51. The number of carbonyl (C=O) groups excluding carboxylic acids is 2. The van der Waals surface area contributed by atoms with Crippen LogP contribution in [0.25, 0.3) is 0 Å². The van der Waals surface area contributed by atoms with Gasteiger partial charge in [0.1, 0.15) is 5.69 Å². The number of nitrogens with one attached hydrogen (secondary N) is 1. The molecule has 5 nitrogen and oxygen atoms in total. The number of amides is 1. The lowest BCUT2D eigenvalue weighted by molar-refractivity contribution is -0.124. The minimum Gasteiger partial charge on any atom is -0.451 e. The number of aryl methyl sites for hydroxylation is 1. The molecule has 0 aliphatic rings. The fourth-order valence-corrected chi connectivity index (χ4v) is 2.66. The SMILES string of the molecule is CC(C)Cc1ccc([C@@H](C)NC(=O)COC(=O)c2cccn2C)cc1. The second-order valence-electron chi connectivity index (χ2n) is 6.71. The van der Waals surface area contributed by atoms with Crippen molar-refractivity contribution in [2.75, 3.05) is 6.61 Å². The van der Waals surface area contributed by atoms with Gasteiger partial charge in [-0.05, 0) is 42.5 Å². The zero-order valence-corrected chi connectivity index (χ0v) is 15.3. The summed E-state index contributed by atoms with van der Waals surface area (Å²) in [4.78, 5) is 23.9. The first kappa shape index (κ1) is 18.8. The van der Waals surface area contributed by atoms with Crippen LogP contribution < -0.4 is 5.32 Å². The van der Waals surface area contributed by atoms with Crippen LogP contribution in [0.1, 0.15) is 48.4 Å². The molecule has 0 spiro atoms. The third-order valence-corrected chi connectivity index (χ3v) is 3.99. The molecule has 0 saturated heterocycles. The average molecular weight is 342 g/mol. The molecule has 0 saturated carbocycles. The number of benzene rings is 1. The van der Waals surface area contributed by atoms with E-state index in [1.54, 1.807) is 29.9 Å². The molecule has 1 atom stereocenters. The average Bonchev–Trinajstić information content (AvgIpc) is 2.99. The van der Waals surface area contributed by atoms with E-state index < -0.39 is 5.97 Å². The lowest BCUT2D eigenvalue weighted by Crippen LogP contribution is -2.31. The van der Waals surface area contributed by atoms with E-state index in [4.69, 9.17) is 4.74 Å². The lowest BCUT2D eigenvalue weighted by Gasteiger charge is -2.15. The number of carbonyl (C=O) groups is 2. The van der Waals surface area contributed by atoms with E-state index >= 15 is 0 Å². The number of esters is 1. The van der Waals surface area contributed by atoms with Gasteiger partial charge in [-0.15, -0.1) is 0 Å². The van der Waals surface area contributed by atoms with Gasteiger partial charge in [0.05, 0.1) is 6.04 Å². The molecule has 1 aromatic carbocycles. The summed E-state index contributed by atoms with van der Waals surface area (Å²) in [6, 6.07) is 11.5. The summed E-state index contributed by atoms with van der Waals surface area (Å²) in [6.07, 6.45) is 2.79. The van der Waals surface area contributed by atoms with Crippen LogP contribution in [0.2, 0.25) is 0 Å². The minimum atomic E-state index is -0.506. The number of hydrogen-bond donors (Lipinski definition) is 1. The van der Waals surface area contributed by atoms with Gasteiger partial charge in [-0.3, -0.25) is 4.79 Å². The highest BCUT2D eigenvalue weighted by atomic mass is 16.5. The first-order valence-electron chi connectivity index (χ1n) is 8.53. The first-order chi connectivity index (χ1) is 11.9. The van der Waals surface area contributed by atoms with Gasteiger partial charge in [0, 0.05) is 13.2 Å². The van der Waals surface area contributed by atoms with Crippen LogP contribution in [-0.4, -0.2) is 23.1 Å². The Morgan fingerprint density at radius 1 is 1.12 bits per heavy atom. The summed E-state index contributed by atoms with van der Waals surface area (Å²) in [7, 11) is 1.75. The van der Waals surface area contributed by atoms with Gasteiger partial charge < -0.3 is 14.6 Å². The highest BCUT2D eigenvalue weighted by Crippen LogP contribution is 2.15. The molecule has 1 N–H and O–H groups in total. The van der Waals surface area contributed by atoms with E-state index in [0.29, 0.717) is 11.6 Å². The topological polar surface area (TPSA) is 60.3 Å². The molecule has 1 amide bonds. The predicted octanol–water partition coefficient (Wildman–Crippen LogP) is 3.26. The van der Waals surface area contributed by atoms with Crippen LogP contribution >= 0.6 is 0 Å². The molecule has 0 aliphatic heterocycles. The molecule has 25 heavy (non-hydrogen) atoms. The Morgan fingerprint density at radius 2 is 1.80 bits per heavy atom. The maximum Gasteiger partial charge on any atom is 0.355 e. The molecule has 1 aromatic heterocycles. The van der Waals surface area contributed by atoms with Crippen LogP contribution in [0, 0.1) is 5.92 Å². The van der Waals surface area contributed by atoms with Crippen molar-refractivity contribution < 1.29 is 14.3 Å². The van der Waals surface area contributed by atoms with Crippen LogP contribution in [0.5, 0.6) is 0 Å². The molecule has 1 heterocycles. The fraction of sp³-hybridized carbons (Fsp3) is 0.400. The van der Waals surface area contributed by atoms with Gasteiger partial charge in [0.15, 0.2) is 6.61 Å². The highest BCUT2D eigenvalue weighted by Gasteiger charge is 2.14. The molecular formula is C20H26N2O3. The standard InChI is InChI=1S/C20H26N2O3/c1-14(2)12-16-7-9-17(10-8-16)15(3)21-19(23)13-25-20(24)18-6-5-11-22(18)4/h5-11,14-15H,12-13H2,1-4H3,(H,21,23)/t15-/m1/s1. The van der Waals surface area contributed by atoms with E-state index in [-0.39, 0.29) is 18.6 Å². The smallest absolute Gasteiger partial charge is 0.355 e. The molecule has 0 radical (unpaired) electrons. The molecule has 2 rings (SSSR count). The Kier molecular flexibility index (Phi) is 6.39. The Hall–Kier alpha value is -2.56. The number of rotatable bonds is 7. The Balaban J connectivity index is 1.83. The lowest BCUT2D eigenvalue weighted by atomic mass is 10.00. The zero-order chi connectivity index (χ0) is 18.4. The van der Waals surface area contributed by atoms with Gasteiger partial charge in [0.25, 0.3) is 5.91 Å². The summed E-state index contributed by atoms with van der Waals surface area (Å²) >= 11 is 0. The molecule has 0 unspecified atom stereocenters. The third kappa shape index (κ3) is 5.48. The quantitative estimate of drug-likeness (QED) is 0.786. The van der Waals surface area contributed by atoms with E-state index in [9.17, 15) is 9.59 Å². The molecular weight excluding hydrogens is 316 g/mol. The molecule has 0 fully saturated rings. The van der Waals surface area contributed by atoms with Gasteiger partial charge in [-0.1, -0.05) is 38.1 Å². The first-order valence-corrected chi connectivity index (χ1v) is 8.53. The second-order valence-corrected chi connectivity index (χ2v) is 6.71. The number of hydrogen-bond acceptors (Lipinski definition) is 3. The van der Waals surface area contributed by atoms with E-state index in [2.05, 4.69) is 31.3 Å². The summed E-state index contributed by atoms with van der Waals surface area (Å²) in [5.41, 5.74) is 2.73. The van der Waals surface area contributed by atoms with E-state index in [1.807, 2.05) is 19.1 Å².